The summed E-state index contributed by atoms with van der Waals surface area (Å²) in [6.45, 7) is 1.99. The van der Waals surface area contributed by atoms with Crippen molar-refractivity contribution in [2.75, 3.05) is 20.1 Å². The normalized spacial score (nSPS) is 28.0. The van der Waals surface area contributed by atoms with Crippen LogP contribution in [0.3, 0.4) is 0 Å². The third-order valence-electron chi connectivity index (χ3n) is 4.46. The summed E-state index contributed by atoms with van der Waals surface area (Å²) >= 11 is 0. The third kappa shape index (κ3) is 1.87. The van der Waals surface area contributed by atoms with Gasteiger partial charge in [-0.3, -0.25) is 4.98 Å². The summed E-state index contributed by atoms with van der Waals surface area (Å²) in [6.07, 6.45) is 5.75. The zero-order chi connectivity index (χ0) is 11.9. The first kappa shape index (κ1) is 11.2. The number of aromatic nitrogens is 1. The van der Waals surface area contributed by atoms with Gasteiger partial charge >= 0.3 is 0 Å². The fraction of sp³-hybridized carbons (Fsp3) is 0.643. The van der Waals surface area contributed by atoms with Gasteiger partial charge in [0.15, 0.2) is 0 Å². The van der Waals surface area contributed by atoms with E-state index in [9.17, 15) is 5.11 Å². The topological polar surface area (TPSA) is 36.4 Å². The van der Waals surface area contributed by atoms with Crippen molar-refractivity contribution in [1.29, 1.82) is 0 Å². The van der Waals surface area contributed by atoms with Crippen molar-refractivity contribution in [3.05, 3.63) is 29.6 Å². The van der Waals surface area contributed by atoms with Crippen molar-refractivity contribution in [1.82, 2.24) is 9.88 Å². The Labute approximate surface area is 102 Å². The number of aliphatic hydroxyl groups is 1. The van der Waals surface area contributed by atoms with Crippen molar-refractivity contribution in [3.63, 3.8) is 0 Å². The predicted octanol–water partition coefficient (Wildman–Crippen LogP) is 1.57. The summed E-state index contributed by atoms with van der Waals surface area (Å²) in [6, 6.07) is 4.15. The van der Waals surface area contributed by atoms with Crippen LogP contribution in [0.2, 0.25) is 0 Å². The number of piperidine rings is 1. The van der Waals surface area contributed by atoms with Crippen molar-refractivity contribution >= 4 is 0 Å². The molecule has 3 rings (SSSR count). The first-order chi connectivity index (χ1) is 8.19. The molecule has 2 heterocycles. The lowest BCUT2D eigenvalue weighted by Crippen LogP contribution is -2.46. The van der Waals surface area contributed by atoms with E-state index in [1.165, 1.54) is 5.56 Å². The molecule has 92 valence electrons. The second-order valence-electron chi connectivity index (χ2n) is 5.55. The van der Waals surface area contributed by atoms with Gasteiger partial charge < -0.3 is 10.0 Å². The van der Waals surface area contributed by atoms with Crippen LogP contribution >= 0.6 is 0 Å². The SMILES string of the molecule is CN1CCC(O)(C2CCc3cccnc32)CC1. The lowest BCUT2D eigenvalue weighted by molar-refractivity contribution is -0.0388. The van der Waals surface area contributed by atoms with Gasteiger partial charge in [-0.1, -0.05) is 6.07 Å². The molecule has 3 nitrogen and oxygen atoms in total. The zero-order valence-corrected chi connectivity index (χ0v) is 10.4. The van der Waals surface area contributed by atoms with Crippen LogP contribution in [0.1, 0.15) is 36.4 Å². The van der Waals surface area contributed by atoms with Crippen molar-refractivity contribution in [2.45, 2.75) is 37.2 Å². The molecule has 1 aromatic rings. The molecule has 0 aromatic carbocycles. The number of pyridine rings is 1. The van der Waals surface area contributed by atoms with E-state index in [0.717, 1.165) is 44.5 Å². The number of rotatable bonds is 1. The van der Waals surface area contributed by atoms with Gasteiger partial charge in [-0.25, -0.2) is 0 Å². The highest BCUT2D eigenvalue weighted by Crippen LogP contribution is 2.43. The molecule has 0 amide bonds. The van der Waals surface area contributed by atoms with E-state index in [4.69, 9.17) is 0 Å². The maximum absolute atomic E-state index is 10.9. The van der Waals surface area contributed by atoms with Crippen molar-refractivity contribution in [2.24, 2.45) is 0 Å². The van der Waals surface area contributed by atoms with E-state index < -0.39 is 5.60 Å². The average Bonchev–Trinajstić information content (AvgIpc) is 2.78. The molecule has 0 spiro atoms. The Morgan fingerprint density at radius 2 is 2.18 bits per heavy atom. The molecule has 1 fully saturated rings. The van der Waals surface area contributed by atoms with Crippen molar-refractivity contribution in [3.8, 4) is 0 Å². The number of hydrogen-bond acceptors (Lipinski definition) is 3. The molecule has 1 unspecified atom stereocenters. The van der Waals surface area contributed by atoms with Crippen LogP contribution in [-0.4, -0.2) is 40.7 Å². The Bertz CT molecular complexity index is 410. The van der Waals surface area contributed by atoms with Crippen LogP contribution in [0.4, 0.5) is 0 Å². The summed E-state index contributed by atoms with van der Waals surface area (Å²) in [5.41, 5.74) is 1.97. The smallest absolute Gasteiger partial charge is 0.0755 e. The average molecular weight is 232 g/mol. The molecule has 0 bridgehead atoms. The largest absolute Gasteiger partial charge is 0.389 e. The van der Waals surface area contributed by atoms with Crippen LogP contribution in [0.15, 0.2) is 18.3 Å². The first-order valence-corrected chi connectivity index (χ1v) is 6.54. The maximum Gasteiger partial charge on any atom is 0.0755 e. The van der Waals surface area contributed by atoms with Gasteiger partial charge in [-0.2, -0.15) is 0 Å². The Balaban J connectivity index is 1.86. The monoisotopic (exact) mass is 232 g/mol. The Morgan fingerprint density at radius 3 is 2.94 bits per heavy atom. The van der Waals surface area contributed by atoms with Crippen LogP contribution < -0.4 is 0 Å². The minimum Gasteiger partial charge on any atom is -0.389 e. The maximum atomic E-state index is 10.9. The number of hydrogen-bond donors (Lipinski definition) is 1. The third-order valence-corrected chi connectivity index (χ3v) is 4.46. The van der Waals surface area contributed by atoms with E-state index in [2.05, 4.69) is 23.0 Å². The van der Waals surface area contributed by atoms with Crippen LogP contribution in [0, 0.1) is 0 Å². The van der Waals surface area contributed by atoms with E-state index in [1.807, 2.05) is 12.3 Å². The lowest BCUT2D eigenvalue weighted by Gasteiger charge is -2.40. The molecule has 2 aliphatic rings. The van der Waals surface area contributed by atoms with Crippen LogP contribution in [-0.2, 0) is 6.42 Å². The second kappa shape index (κ2) is 4.07. The molecule has 1 aromatic heterocycles. The van der Waals surface area contributed by atoms with Gasteiger partial charge in [0.1, 0.15) is 0 Å². The van der Waals surface area contributed by atoms with Gasteiger partial charge in [0.25, 0.3) is 0 Å². The van der Waals surface area contributed by atoms with E-state index >= 15 is 0 Å². The molecular formula is C14H20N2O. The Kier molecular flexibility index (Phi) is 2.68. The van der Waals surface area contributed by atoms with Crippen molar-refractivity contribution < 1.29 is 5.11 Å². The molecule has 3 heteroatoms. The summed E-state index contributed by atoms with van der Waals surface area (Å²) in [5, 5.41) is 10.9. The Hall–Kier alpha value is -0.930. The first-order valence-electron chi connectivity index (χ1n) is 6.54. The van der Waals surface area contributed by atoms with Gasteiger partial charge in [-0.15, -0.1) is 0 Å². The van der Waals surface area contributed by atoms with E-state index in [-0.39, 0.29) is 5.92 Å². The zero-order valence-electron chi connectivity index (χ0n) is 10.4. The highest BCUT2D eigenvalue weighted by Gasteiger charge is 2.43. The summed E-state index contributed by atoms with van der Waals surface area (Å²) < 4.78 is 0. The van der Waals surface area contributed by atoms with Crippen LogP contribution in [0.25, 0.3) is 0 Å². The van der Waals surface area contributed by atoms with Gasteiger partial charge in [0, 0.05) is 30.9 Å². The molecule has 17 heavy (non-hydrogen) atoms. The number of nitrogens with zero attached hydrogens (tertiary/aromatic N) is 2. The minimum atomic E-state index is -0.522. The van der Waals surface area contributed by atoms with E-state index in [0.29, 0.717) is 0 Å². The number of fused-ring (bicyclic) bond motifs is 1. The quantitative estimate of drug-likeness (QED) is 0.798. The molecule has 1 N–H and O–H groups in total. The molecule has 1 atom stereocenters. The van der Waals surface area contributed by atoms with Gasteiger partial charge in [-0.05, 0) is 44.4 Å². The number of aryl methyl sites for hydroxylation is 1. The van der Waals surface area contributed by atoms with E-state index in [1.54, 1.807) is 0 Å². The molecule has 1 aliphatic carbocycles. The minimum absolute atomic E-state index is 0.257. The number of likely N-dealkylation sites (tertiary alicyclic amines) is 1. The highest BCUT2D eigenvalue weighted by molar-refractivity contribution is 5.31. The Morgan fingerprint density at radius 1 is 1.41 bits per heavy atom. The van der Waals surface area contributed by atoms with Gasteiger partial charge in [0.2, 0.25) is 0 Å². The summed E-state index contributed by atoms with van der Waals surface area (Å²) in [4.78, 5) is 6.80. The molecule has 1 saturated heterocycles. The second-order valence-corrected chi connectivity index (χ2v) is 5.55. The fourth-order valence-electron chi connectivity index (χ4n) is 3.29. The molecule has 0 radical (unpaired) electrons. The molecule has 1 aliphatic heterocycles. The molecule has 0 saturated carbocycles. The summed E-state index contributed by atoms with van der Waals surface area (Å²) in [5.74, 6) is 0.257. The standard InChI is InChI=1S/C14H20N2O/c1-16-9-6-14(17,7-10-16)12-5-4-11-3-2-8-15-13(11)12/h2-3,8,12,17H,4-7,9-10H2,1H3. The van der Waals surface area contributed by atoms with Crippen LogP contribution in [0.5, 0.6) is 0 Å². The lowest BCUT2D eigenvalue weighted by atomic mass is 9.78. The predicted molar refractivity (Wildman–Crippen MR) is 67.0 cm³/mol. The molecular weight excluding hydrogens is 212 g/mol. The summed E-state index contributed by atoms with van der Waals surface area (Å²) in [7, 11) is 2.13. The van der Waals surface area contributed by atoms with Gasteiger partial charge in [0.05, 0.1) is 5.60 Å². The highest BCUT2D eigenvalue weighted by atomic mass is 16.3. The fourth-order valence-corrected chi connectivity index (χ4v) is 3.29.